The van der Waals surface area contributed by atoms with Crippen LogP contribution in [-0.4, -0.2) is 49.2 Å². The summed E-state index contributed by atoms with van der Waals surface area (Å²) in [5, 5.41) is 8.89. The van der Waals surface area contributed by atoms with Crippen LogP contribution in [0.15, 0.2) is 58.4 Å². The molecule has 2 aromatic heterocycles. The van der Waals surface area contributed by atoms with Gasteiger partial charge in [0.1, 0.15) is 15.8 Å². The third kappa shape index (κ3) is 5.28. The van der Waals surface area contributed by atoms with Crippen molar-refractivity contribution in [3.63, 3.8) is 0 Å². The molecule has 0 aliphatic carbocycles. The molecule has 3 aromatic rings. The first-order valence-corrected chi connectivity index (χ1v) is 12.2. The van der Waals surface area contributed by atoms with Crippen LogP contribution in [0, 0.1) is 6.92 Å². The van der Waals surface area contributed by atoms with Gasteiger partial charge in [0.2, 0.25) is 0 Å². The molecule has 3 heterocycles. The van der Waals surface area contributed by atoms with Crippen LogP contribution in [0.5, 0.6) is 0 Å². The number of amides is 1. The number of carbonyl (C=O) groups is 2. The first-order chi connectivity index (χ1) is 16.8. The van der Waals surface area contributed by atoms with Crippen molar-refractivity contribution in [2.45, 2.75) is 26.3 Å². The molecule has 0 saturated carbocycles. The number of thiocarbonyl (C=S) groups is 1. The van der Waals surface area contributed by atoms with Crippen LogP contribution in [0.4, 0.5) is 5.82 Å². The minimum absolute atomic E-state index is 0.0557. The van der Waals surface area contributed by atoms with Crippen LogP contribution in [0.2, 0.25) is 0 Å². The third-order valence-corrected chi connectivity index (χ3v) is 6.99. The second kappa shape index (κ2) is 10.4. The molecule has 4 rings (SSSR count). The molecule has 1 N–H and O–H groups in total. The fourth-order valence-corrected chi connectivity index (χ4v) is 5.15. The Morgan fingerprint density at radius 2 is 1.94 bits per heavy atom. The summed E-state index contributed by atoms with van der Waals surface area (Å²) in [6.45, 7) is 2.63. The number of anilines is 1. The minimum atomic E-state index is -0.928. The Labute approximate surface area is 211 Å². The fourth-order valence-electron chi connectivity index (χ4n) is 3.86. The number of carbonyl (C=O) groups excluding carboxylic acids is 1. The van der Waals surface area contributed by atoms with Gasteiger partial charge in [-0.05, 0) is 36.6 Å². The molecule has 1 amide bonds. The number of nitrogens with zero attached hydrogens (tertiary/aromatic N) is 4. The summed E-state index contributed by atoms with van der Waals surface area (Å²) in [7, 11) is 1.86. The summed E-state index contributed by atoms with van der Waals surface area (Å²) in [6, 6.07) is 13.5. The van der Waals surface area contributed by atoms with Gasteiger partial charge in [-0.15, -0.1) is 0 Å². The second-order valence-electron chi connectivity index (χ2n) is 8.21. The molecule has 0 radical (unpaired) electrons. The van der Waals surface area contributed by atoms with Crippen molar-refractivity contribution >= 4 is 57.7 Å². The lowest BCUT2D eigenvalue weighted by atomic mass is 10.2. The smallest absolute Gasteiger partial charge is 0.303 e. The number of hydrogen-bond donors (Lipinski definition) is 1. The Hall–Kier alpha value is -3.50. The fraction of sp³-hybridized carbons (Fsp3) is 0.240. The first-order valence-electron chi connectivity index (χ1n) is 11.0. The van der Waals surface area contributed by atoms with Crippen molar-refractivity contribution in [1.82, 2.24) is 14.3 Å². The van der Waals surface area contributed by atoms with Gasteiger partial charge < -0.3 is 10.0 Å². The zero-order valence-corrected chi connectivity index (χ0v) is 20.9. The van der Waals surface area contributed by atoms with Crippen LogP contribution in [-0.2, 0) is 16.1 Å². The number of aromatic nitrogens is 2. The molecule has 1 aromatic carbocycles. The van der Waals surface area contributed by atoms with Gasteiger partial charge in [0.05, 0.1) is 10.5 Å². The maximum Gasteiger partial charge on any atom is 0.303 e. The van der Waals surface area contributed by atoms with Gasteiger partial charge in [0, 0.05) is 32.8 Å². The lowest BCUT2D eigenvalue weighted by Gasteiger charge is -2.21. The van der Waals surface area contributed by atoms with E-state index >= 15 is 0 Å². The lowest BCUT2D eigenvalue weighted by molar-refractivity contribution is -0.137. The maximum absolute atomic E-state index is 13.6. The van der Waals surface area contributed by atoms with E-state index in [0.29, 0.717) is 33.7 Å². The highest BCUT2D eigenvalue weighted by Crippen LogP contribution is 2.33. The Kier molecular flexibility index (Phi) is 7.32. The number of benzene rings is 1. The van der Waals surface area contributed by atoms with E-state index in [9.17, 15) is 14.4 Å². The molecule has 1 fully saturated rings. The van der Waals surface area contributed by atoms with E-state index < -0.39 is 5.97 Å². The van der Waals surface area contributed by atoms with Gasteiger partial charge in [-0.3, -0.25) is 23.7 Å². The summed E-state index contributed by atoms with van der Waals surface area (Å²) in [4.78, 5) is 45.9. The molecule has 1 aliphatic rings. The van der Waals surface area contributed by atoms with E-state index in [0.717, 1.165) is 22.9 Å². The SMILES string of the molecule is Cc1cccn2c(=O)c(/C=C3\SC(=S)N(CCCC(=O)O)C3=O)c(N(C)Cc3ccccc3)nc12. The summed E-state index contributed by atoms with van der Waals surface area (Å²) in [6.07, 6.45) is 3.45. The van der Waals surface area contributed by atoms with E-state index in [1.54, 1.807) is 18.3 Å². The lowest BCUT2D eigenvalue weighted by Crippen LogP contribution is -2.29. The second-order valence-corrected chi connectivity index (χ2v) is 9.89. The Morgan fingerprint density at radius 3 is 2.66 bits per heavy atom. The average Bonchev–Trinajstić information content (AvgIpc) is 3.09. The quantitative estimate of drug-likeness (QED) is 0.364. The van der Waals surface area contributed by atoms with Crippen LogP contribution in [0.25, 0.3) is 11.7 Å². The van der Waals surface area contributed by atoms with Crippen LogP contribution < -0.4 is 10.5 Å². The summed E-state index contributed by atoms with van der Waals surface area (Å²) in [5.74, 6) is -0.803. The Balaban J connectivity index is 1.76. The Morgan fingerprint density at radius 1 is 1.20 bits per heavy atom. The summed E-state index contributed by atoms with van der Waals surface area (Å²) >= 11 is 6.46. The molecular weight excluding hydrogens is 484 g/mol. The number of fused-ring (bicyclic) bond motifs is 1. The predicted molar refractivity (Wildman–Crippen MR) is 141 cm³/mol. The minimum Gasteiger partial charge on any atom is -0.481 e. The average molecular weight is 509 g/mol. The molecule has 0 spiro atoms. The van der Waals surface area contributed by atoms with Gasteiger partial charge in [-0.2, -0.15) is 0 Å². The number of aliphatic carboxylic acids is 1. The highest BCUT2D eigenvalue weighted by molar-refractivity contribution is 8.26. The molecule has 10 heteroatoms. The predicted octanol–water partition coefficient (Wildman–Crippen LogP) is 3.71. The molecule has 8 nitrogen and oxygen atoms in total. The van der Waals surface area contributed by atoms with Crippen molar-refractivity contribution in [1.29, 1.82) is 0 Å². The molecule has 0 atom stereocenters. The van der Waals surface area contributed by atoms with Crippen molar-refractivity contribution < 1.29 is 14.7 Å². The van der Waals surface area contributed by atoms with Gasteiger partial charge >= 0.3 is 5.97 Å². The number of carboxylic acid groups (broad SMARTS) is 1. The number of aryl methyl sites for hydroxylation is 1. The molecule has 1 saturated heterocycles. The Bertz CT molecular complexity index is 1400. The van der Waals surface area contributed by atoms with Crippen molar-refractivity contribution in [2.75, 3.05) is 18.5 Å². The topological polar surface area (TPSA) is 95.2 Å². The maximum atomic E-state index is 13.6. The van der Waals surface area contributed by atoms with Crippen LogP contribution in [0.1, 0.15) is 29.5 Å². The molecule has 0 unspecified atom stereocenters. The standard InChI is InChI=1S/C25H24N4O4S2/c1-16-8-6-12-28-21(16)26-22(27(2)15-17-9-4-3-5-10-17)18(23(28)32)14-19-24(33)29(25(34)35-19)13-7-11-20(30)31/h3-6,8-10,12,14H,7,11,13,15H2,1-2H3,(H,30,31)/b19-14-. The number of pyridine rings is 1. The zero-order valence-electron chi connectivity index (χ0n) is 19.3. The third-order valence-electron chi connectivity index (χ3n) is 5.61. The number of thioether (sulfide) groups is 1. The molecule has 0 bridgehead atoms. The van der Waals surface area contributed by atoms with Crippen molar-refractivity contribution in [3.8, 4) is 0 Å². The van der Waals surface area contributed by atoms with E-state index in [1.165, 1.54) is 9.30 Å². The number of hydrogen-bond acceptors (Lipinski definition) is 7. The van der Waals surface area contributed by atoms with E-state index in [-0.39, 0.29) is 30.0 Å². The van der Waals surface area contributed by atoms with Gasteiger partial charge in [0.25, 0.3) is 11.5 Å². The van der Waals surface area contributed by atoms with Crippen LogP contribution >= 0.6 is 24.0 Å². The van der Waals surface area contributed by atoms with E-state index in [2.05, 4.69) is 0 Å². The van der Waals surface area contributed by atoms with Crippen molar-refractivity contribution in [2.24, 2.45) is 0 Å². The molecule has 35 heavy (non-hydrogen) atoms. The highest BCUT2D eigenvalue weighted by atomic mass is 32.2. The molecule has 180 valence electrons. The number of rotatable bonds is 8. The largest absolute Gasteiger partial charge is 0.481 e. The van der Waals surface area contributed by atoms with Crippen molar-refractivity contribution in [3.05, 3.63) is 80.6 Å². The van der Waals surface area contributed by atoms with Crippen LogP contribution in [0.3, 0.4) is 0 Å². The monoisotopic (exact) mass is 508 g/mol. The number of carboxylic acids is 1. The zero-order chi connectivity index (χ0) is 25.1. The van der Waals surface area contributed by atoms with E-state index in [4.69, 9.17) is 22.3 Å². The van der Waals surface area contributed by atoms with Gasteiger partial charge in [-0.1, -0.05) is 60.4 Å². The van der Waals surface area contributed by atoms with E-state index in [1.807, 2.05) is 55.3 Å². The summed E-state index contributed by atoms with van der Waals surface area (Å²) in [5.41, 5.74) is 2.46. The molecular formula is C25H24N4O4S2. The highest BCUT2D eigenvalue weighted by Gasteiger charge is 2.32. The molecule has 1 aliphatic heterocycles. The van der Waals surface area contributed by atoms with Gasteiger partial charge in [-0.25, -0.2) is 4.98 Å². The van der Waals surface area contributed by atoms with Gasteiger partial charge in [0.15, 0.2) is 0 Å². The summed E-state index contributed by atoms with van der Waals surface area (Å²) < 4.78 is 1.82. The first kappa shape index (κ1) is 24.6. The normalized spacial score (nSPS) is 14.8.